The Kier molecular flexibility index (Phi) is 6.53. The average molecular weight is 426 g/mol. The zero-order valence-electron chi connectivity index (χ0n) is 15.1. The van der Waals surface area contributed by atoms with E-state index in [9.17, 15) is 17.6 Å². The van der Waals surface area contributed by atoms with Crippen molar-refractivity contribution in [3.05, 3.63) is 64.9 Å². The van der Waals surface area contributed by atoms with Gasteiger partial charge in [0.2, 0.25) is 10.0 Å². The molecular weight excluding hydrogens is 405 g/mol. The van der Waals surface area contributed by atoms with Gasteiger partial charge in [0, 0.05) is 36.9 Å². The molecule has 0 saturated carbocycles. The lowest BCUT2D eigenvalue weighted by Crippen LogP contribution is -2.39. The molecule has 0 unspecified atom stereocenters. The van der Waals surface area contributed by atoms with E-state index in [2.05, 4.69) is 5.32 Å². The van der Waals surface area contributed by atoms with Crippen LogP contribution in [0.15, 0.2) is 48.5 Å². The lowest BCUT2D eigenvalue weighted by atomic mass is 10.2. The fourth-order valence-corrected chi connectivity index (χ4v) is 4.81. The fourth-order valence-electron chi connectivity index (χ4n) is 3.07. The molecule has 3 rings (SSSR count). The van der Waals surface area contributed by atoms with Gasteiger partial charge < -0.3 is 10.2 Å². The average Bonchev–Trinajstić information content (AvgIpc) is 2.88. The molecule has 6 nitrogen and oxygen atoms in total. The van der Waals surface area contributed by atoms with E-state index < -0.39 is 15.8 Å². The van der Waals surface area contributed by atoms with Crippen LogP contribution in [-0.4, -0.2) is 49.8 Å². The van der Waals surface area contributed by atoms with Crippen molar-refractivity contribution in [1.82, 2.24) is 9.21 Å². The Labute approximate surface area is 168 Å². The number of benzene rings is 2. The number of amides is 2. The third kappa shape index (κ3) is 5.43. The van der Waals surface area contributed by atoms with Crippen molar-refractivity contribution in [2.45, 2.75) is 12.2 Å². The first-order valence-electron chi connectivity index (χ1n) is 8.87. The van der Waals surface area contributed by atoms with E-state index in [1.165, 1.54) is 22.5 Å². The molecule has 2 aromatic rings. The van der Waals surface area contributed by atoms with Crippen LogP contribution >= 0.6 is 11.6 Å². The highest BCUT2D eigenvalue weighted by molar-refractivity contribution is 7.88. The summed E-state index contributed by atoms with van der Waals surface area (Å²) in [5.41, 5.74) is 0.983. The van der Waals surface area contributed by atoms with Crippen molar-refractivity contribution in [3.63, 3.8) is 0 Å². The Morgan fingerprint density at radius 1 is 1.07 bits per heavy atom. The van der Waals surface area contributed by atoms with Crippen molar-refractivity contribution in [2.24, 2.45) is 0 Å². The van der Waals surface area contributed by atoms with E-state index >= 15 is 0 Å². The quantitative estimate of drug-likeness (QED) is 0.814. The normalized spacial score (nSPS) is 15.9. The zero-order valence-corrected chi connectivity index (χ0v) is 16.7. The summed E-state index contributed by atoms with van der Waals surface area (Å²) in [6, 6.07) is 12.1. The molecule has 1 aliphatic heterocycles. The number of sulfonamides is 1. The van der Waals surface area contributed by atoms with Crippen LogP contribution in [0.25, 0.3) is 0 Å². The molecule has 150 valence electrons. The smallest absolute Gasteiger partial charge is 0.321 e. The van der Waals surface area contributed by atoms with Gasteiger partial charge in [-0.25, -0.2) is 17.6 Å². The molecule has 0 radical (unpaired) electrons. The van der Waals surface area contributed by atoms with Gasteiger partial charge in [0.1, 0.15) is 5.82 Å². The standard InChI is InChI=1S/C19H21ClFN3O3S/c20-16-5-2-7-18(13-16)22-19(25)23-8-3-9-24(11-10-23)28(26,27)14-15-4-1-6-17(21)12-15/h1-2,4-7,12-13H,3,8-11,14H2,(H,22,25). The van der Waals surface area contributed by atoms with Crippen LogP contribution in [-0.2, 0) is 15.8 Å². The van der Waals surface area contributed by atoms with Gasteiger partial charge in [0.15, 0.2) is 0 Å². The van der Waals surface area contributed by atoms with Gasteiger partial charge in [-0.1, -0.05) is 29.8 Å². The van der Waals surface area contributed by atoms with Crippen LogP contribution in [0.2, 0.25) is 5.02 Å². The Hall–Kier alpha value is -2.16. The summed E-state index contributed by atoms with van der Waals surface area (Å²) >= 11 is 5.92. The molecule has 2 amide bonds. The molecule has 1 aliphatic rings. The molecule has 1 saturated heterocycles. The summed E-state index contributed by atoms with van der Waals surface area (Å²) in [7, 11) is -3.60. The number of nitrogens with one attached hydrogen (secondary N) is 1. The molecule has 0 bridgehead atoms. The van der Waals surface area contributed by atoms with Gasteiger partial charge in [0.05, 0.1) is 5.75 Å². The first-order valence-corrected chi connectivity index (χ1v) is 10.9. The van der Waals surface area contributed by atoms with Gasteiger partial charge in [-0.3, -0.25) is 0 Å². The molecule has 0 aromatic heterocycles. The van der Waals surface area contributed by atoms with Crippen LogP contribution in [0.4, 0.5) is 14.9 Å². The second-order valence-corrected chi connectivity index (χ2v) is 8.97. The number of anilines is 1. The number of halogens is 2. The van der Waals surface area contributed by atoms with E-state index in [0.717, 1.165) is 0 Å². The third-order valence-corrected chi connectivity index (χ3v) is 6.53. The molecule has 2 aromatic carbocycles. The second-order valence-electron chi connectivity index (χ2n) is 6.57. The lowest BCUT2D eigenvalue weighted by molar-refractivity contribution is 0.214. The number of urea groups is 1. The van der Waals surface area contributed by atoms with Crippen LogP contribution < -0.4 is 5.32 Å². The maximum Gasteiger partial charge on any atom is 0.321 e. The minimum atomic E-state index is -3.60. The van der Waals surface area contributed by atoms with Gasteiger partial charge in [-0.2, -0.15) is 4.31 Å². The van der Waals surface area contributed by atoms with Crippen LogP contribution in [0, 0.1) is 5.82 Å². The number of rotatable bonds is 4. The van der Waals surface area contributed by atoms with Crippen molar-refractivity contribution in [1.29, 1.82) is 0 Å². The summed E-state index contributed by atoms with van der Waals surface area (Å²) in [5, 5.41) is 3.29. The van der Waals surface area contributed by atoms with Crippen molar-refractivity contribution < 1.29 is 17.6 Å². The Morgan fingerprint density at radius 3 is 2.61 bits per heavy atom. The topological polar surface area (TPSA) is 69.7 Å². The summed E-state index contributed by atoms with van der Waals surface area (Å²) < 4.78 is 40.1. The fraction of sp³-hybridized carbons (Fsp3) is 0.316. The molecule has 28 heavy (non-hydrogen) atoms. The predicted octanol–water partition coefficient (Wildman–Crippen LogP) is 3.55. The number of nitrogens with zero attached hydrogens (tertiary/aromatic N) is 2. The van der Waals surface area contributed by atoms with E-state index in [1.807, 2.05) is 0 Å². The summed E-state index contributed by atoms with van der Waals surface area (Å²) in [4.78, 5) is 14.1. The number of hydrogen-bond donors (Lipinski definition) is 1. The van der Waals surface area contributed by atoms with Gasteiger partial charge in [0.25, 0.3) is 0 Å². The number of carbonyl (C=O) groups is 1. The SMILES string of the molecule is O=C(Nc1cccc(Cl)c1)N1CCCN(S(=O)(=O)Cc2cccc(F)c2)CC1. The molecule has 1 heterocycles. The summed E-state index contributed by atoms with van der Waals surface area (Å²) in [6.07, 6.45) is 0.519. The van der Waals surface area contributed by atoms with E-state index in [-0.39, 0.29) is 24.9 Å². The van der Waals surface area contributed by atoms with Crippen LogP contribution in [0.3, 0.4) is 0 Å². The number of hydrogen-bond acceptors (Lipinski definition) is 3. The first kappa shape index (κ1) is 20.6. The van der Waals surface area contributed by atoms with Crippen molar-refractivity contribution in [2.75, 3.05) is 31.5 Å². The molecule has 9 heteroatoms. The van der Waals surface area contributed by atoms with Gasteiger partial charge in [-0.15, -0.1) is 0 Å². The third-order valence-electron chi connectivity index (χ3n) is 4.45. The van der Waals surface area contributed by atoms with Crippen LogP contribution in [0.1, 0.15) is 12.0 Å². The molecule has 1 fully saturated rings. The van der Waals surface area contributed by atoms with Crippen molar-refractivity contribution in [3.8, 4) is 0 Å². The maximum atomic E-state index is 13.3. The Morgan fingerprint density at radius 2 is 1.86 bits per heavy atom. The van der Waals surface area contributed by atoms with E-state index in [1.54, 1.807) is 35.2 Å². The van der Waals surface area contributed by atoms with Crippen LogP contribution in [0.5, 0.6) is 0 Å². The highest BCUT2D eigenvalue weighted by Gasteiger charge is 2.27. The first-order chi connectivity index (χ1) is 13.3. The zero-order chi connectivity index (χ0) is 20.1. The lowest BCUT2D eigenvalue weighted by Gasteiger charge is -2.22. The largest absolute Gasteiger partial charge is 0.323 e. The summed E-state index contributed by atoms with van der Waals surface area (Å²) in [5.74, 6) is -0.730. The van der Waals surface area contributed by atoms with Crippen molar-refractivity contribution >= 4 is 33.3 Å². The molecular formula is C19H21ClFN3O3S. The predicted molar refractivity (Wildman–Crippen MR) is 107 cm³/mol. The van der Waals surface area contributed by atoms with E-state index in [4.69, 9.17) is 11.6 Å². The molecule has 0 aliphatic carbocycles. The van der Waals surface area contributed by atoms with Gasteiger partial charge in [-0.05, 0) is 42.3 Å². The number of carbonyl (C=O) groups excluding carboxylic acids is 1. The van der Waals surface area contributed by atoms with Gasteiger partial charge >= 0.3 is 6.03 Å². The molecule has 0 atom stereocenters. The Bertz CT molecular complexity index is 955. The highest BCUT2D eigenvalue weighted by atomic mass is 35.5. The maximum absolute atomic E-state index is 13.3. The minimum Gasteiger partial charge on any atom is -0.323 e. The minimum absolute atomic E-state index is 0.195. The summed E-state index contributed by atoms with van der Waals surface area (Å²) in [6.45, 7) is 1.23. The Balaban J connectivity index is 1.61. The monoisotopic (exact) mass is 425 g/mol. The molecule has 0 spiro atoms. The highest BCUT2D eigenvalue weighted by Crippen LogP contribution is 2.17. The molecule has 1 N–H and O–H groups in total. The van der Waals surface area contributed by atoms with E-state index in [0.29, 0.717) is 35.8 Å². The second kappa shape index (κ2) is 8.89.